The zero-order valence-electron chi connectivity index (χ0n) is 21.8. The number of hydrogen-bond acceptors (Lipinski definition) is 2. The first-order valence-corrected chi connectivity index (χ1v) is 13.6. The molecule has 0 radical (unpaired) electrons. The van der Waals surface area contributed by atoms with Crippen LogP contribution in [0.3, 0.4) is 0 Å². The average molecular weight is 503 g/mol. The smallest absolute Gasteiger partial charge is 0.0712 e. The van der Waals surface area contributed by atoms with Crippen LogP contribution in [-0.4, -0.2) is 5.54 Å². The molecule has 2 aliphatic rings. The largest absolute Gasteiger partial charge is 0.331 e. The highest BCUT2D eigenvalue weighted by Gasteiger charge is 2.57. The summed E-state index contributed by atoms with van der Waals surface area (Å²) in [5.74, 6) is 0.495. The molecule has 0 spiro atoms. The first kappa shape index (κ1) is 23.3. The van der Waals surface area contributed by atoms with Crippen LogP contribution in [0.4, 0.5) is 28.4 Å². The van der Waals surface area contributed by atoms with E-state index in [0.717, 1.165) is 23.5 Å². The van der Waals surface area contributed by atoms with E-state index >= 15 is 0 Å². The number of hydrogen-bond donors (Lipinski definition) is 0. The molecular weight excluding hydrogens is 472 g/mol. The Kier molecular flexibility index (Phi) is 5.86. The van der Waals surface area contributed by atoms with Crippen molar-refractivity contribution in [3.63, 3.8) is 0 Å². The second kappa shape index (κ2) is 9.81. The molecule has 0 amide bonds. The second-order valence-electron chi connectivity index (χ2n) is 10.3. The number of anilines is 5. The van der Waals surface area contributed by atoms with Crippen LogP contribution in [0.25, 0.3) is 5.57 Å². The fourth-order valence-corrected chi connectivity index (χ4v) is 5.94. The third-order valence-corrected chi connectivity index (χ3v) is 7.85. The maximum absolute atomic E-state index is 2.53. The fourth-order valence-electron chi connectivity index (χ4n) is 5.94. The van der Waals surface area contributed by atoms with Gasteiger partial charge in [-0.3, -0.25) is 0 Å². The molecule has 0 aliphatic heterocycles. The Morgan fingerprint density at radius 3 is 1.54 bits per heavy atom. The summed E-state index contributed by atoms with van der Waals surface area (Å²) in [6.45, 7) is 0. The molecule has 1 fully saturated rings. The molecular formula is C37H30N2. The van der Waals surface area contributed by atoms with Crippen LogP contribution < -0.4 is 9.80 Å². The van der Waals surface area contributed by atoms with Gasteiger partial charge in [-0.15, -0.1) is 0 Å². The Hall–Kier alpha value is -4.82. The Labute approximate surface area is 230 Å². The summed E-state index contributed by atoms with van der Waals surface area (Å²) in [6.07, 6.45) is 8.34. The van der Waals surface area contributed by atoms with E-state index in [2.05, 4.69) is 174 Å². The van der Waals surface area contributed by atoms with Crippen molar-refractivity contribution in [2.24, 2.45) is 5.92 Å². The van der Waals surface area contributed by atoms with Crippen LogP contribution in [0.15, 0.2) is 164 Å². The van der Waals surface area contributed by atoms with E-state index in [9.17, 15) is 0 Å². The Bertz CT molecular complexity index is 1550. The molecule has 0 saturated heterocycles. The molecule has 0 aromatic heterocycles. The number of para-hydroxylation sites is 4. The summed E-state index contributed by atoms with van der Waals surface area (Å²) in [5, 5.41) is 0. The van der Waals surface area contributed by atoms with Gasteiger partial charge in [-0.25, -0.2) is 0 Å². The van der Waals surface area contributed by atoms with Crippen LogP contribution in [0, 0.1) is 5.92 Å². The molecule has 7 rings (SSSR count). The Morgan fingerprint density at radius 1 is 0.513 bits per heavy atom. The van der Waals surface area contributed by atoms with Gasteiger partial charge in [0.15, 0.2) is 0 Å². The molecule has 2 heteroatoms. The molecule has 0 heterocycles. The average Bonchev–Trinajstić information content (AvgIpc) is 3.74. The van der Waals surface area contributed by atoms with Crippen molar-refractivity contribution in [1.82, 2.24) is 0 Å². The summed E-state index contributed by atoms with van der Waals surface area (Å²) >= 11 is 0. The number of nitrogens with zero attached hydrogens (tertiary/aromatic N) is 2. The topological polar surface area (TPSA) is 6.48 Å². The normalized spacial score (nSPS) is 19.1. The van der Waals surface area contributed by atoms with E-state index < -0.39 is 0 Å². The maximum Gasteiger partial charge on any atom is 0.0712 e. The SMILES string of the molecule is C1=CC2CC2(N(c2ccccc2)c2ccccc2)C=C1c1cccc(N(c2ccccc2)c2ccccc2)c1. The molecule has 5 aromatic carbocycles. The minimum Gasteiger partial charge on any atom is -0.331 e. The van der Waals surface area contributed by atoms with Gasteiger partial charge in [-0.1, -0.05) is 103 Å². The third kappa shape index (κ3) is 4.34. The van der Waals surface area contributed by atoms with Gasteiger partial charge in [-0.2, -0.15) is 0 Å². The molecule has 0 N–H and O–H groups in total. The van der Waals surface area contributed by atoms with Gasteiger partial charge in [0.1, 0.15) is 0 Å². The quantitative estimate of drug-likeness (QED) is 0.218. The van der Waals surface area contributed by atoms with Gasteiger partial charge in [0, 0.05) is 34.4 Å². The number of benzene rings is 5. The van der Waals surface area contributed by atoms with Gasteiger partial charge in [0.25, 0.3) is 0 Å². The monoisotopic (exact) mass is 502 g/mol. The van der Waals surface area contributed by atoms with Crippen LogP contribution in [0.1, 0.15) is 12.0 Å². The van der Waals surface area contributed by atoms with E-state index in [1.807, 2.05) is 0 Å². The number of fused-ring (bicyclic) bond motifs is 1. The molecule has 39 heavy (non-hydrogen) atoms. The lowest BCUT2D eigenvalue weighted by atomic mass is 9.94. The van der Waals surface area contributed by atoms with Gasteiger partial charge >= 0.3 is 0 Å². The minimum atomic E-state index is -0.0681. The maximum atomic E-state index is 2.53. The van der Waals surface area contributed by atoms with E-state index in [4.69, 9.17) is 0 Å². The zero-order valence-corrected chi connectivity index (χ0v) is 21.8. The minimum absolute atomic E-state index is 0.0681. The highest BCUT2D eigenvalue weighted by Crippen LogP contribution is 2.58. The summed E-state index contributed by atoms with van der Waals surface area (Å²) < 4.78 is 0. The number of allylic oxidation sites excluding steroid dienone is 2. The second-order valence-corrected chi connectivity index (χ2v) is 10.3. The van der Waals surface area contributed by atoms with E-state index in [1.54, 1.807) is 0 Å². The molecule has 0 bridgehead atoms. The molecule has 2 unspecified atom stereocenters. The highest BCUT2D eigenvalue weighted by molar-refractivity contribution is 5.85. The first-order valence-electron chi connectivity index (χ1n) is 13.6. The first-order chi connectivity index (χ1) is 19.3. The predicted octanol–water partition coefficient (Wildman–Crippen LogP) is 9.71. The third-order valence-electron chi connectivity index (χ3n) is 7.85. The highest BCUT2D eigenvalue weighted by atomic mass is 15.2. The van der Waals surface area contributed by atoms with Gasteiger partial charge in [-0.05, 0) is 78.2 Å². The van der Waals surface area contributed by atoms with Gasteiger partial charge < -0.3 is 9.80 Å². The van der Waals surface area contributed by atoms with E-state index in [1.165, 1.54) is 22.5 Å². The number of rotatable bonds is 7. The van der Waals surface area contributed by atoms with Crippen molar-refractivity contribution in [2.75, 3.05) is 9.80 Å². The summed E-state index contributed by atoms with van der Waals surface area (Å²) in [7, 11) is 0. The van der Waals surface area contributed by atoms with Crippen molar-refractivity contribution < 1.29 is 0 Å². The molecule has 2 atom stereocenters. The molecule has 1 saturated carbocycles. The van der Waals surface area contributed by atoms with Gasteiger partial charge in [0.05, 0.1) is 5.54 Å². The predicted molar refractivity (Wildman–Crippen MR) is 164 cm³/mol. The van der Waals surface area contributed by atoms with Gasteiger partial charge in [0.2, 0.25) is 0 Å². The zero-order chi connectivity index (χ0) is 26.1. The van der Waals surface area contributed by atoms with Crippen molar-refractivity contribution in [2.45, 2.75) is 12.0 Å². The van der Waals surface area contributed by atoms with Crippen LogP contribution >= 0.6 is 0 Å². The summed E-state index contributed by atoms with van der Waals surface area (Å²) in [4.78, 5) is 4.86. The van der Waals surface area contributed by atoms with Crippen LogP contribution in [-0.2, 0) is 0 Å². The van der Waals surface area contributed by atoms with Crippen molar-refractivity contribution in [1.29, 1.82) is 0 Å². The summed E-state index contributed by atoms with van der Waals surface area (Å²) in [5.41, 5.74) is 8.32. The molecule has 2 aliphatic carbocycles. The Morgan fingerprint density at radius 2 is 1.00 bits per heavy atom. The van der Waals surface area contributed by atoms with Crippen molar-refractivity contribution in [3.8, 4) is 0 Å². The van der Waals surface area contributed by atoms with Crippen molar-refractivity contribution >= 4 is 34.0 Å². The van der Waals surface area contributed by atoms with Crippen molar-refractivity contribution in [3.05, 3.63) is 169 Å². The fraction of sp³-hybridized carbons (Fsp3) is 0.0811. The van der Waals surface area contributed by atoms with E-state index in [0.29, 0.717) is 5.92 Å². The standard InChI is InChI=1S/C37H30N2/c1-5-15-32(16-6-1)38(33-17-7-2-8-18-33)36-23-13-14-29(26-36)30-24-25-31-28-37(31,27-30)39(34-19-9-3-10-20-34)35-21-11-4-12-22-35/h1-27,31H,28H2. The summed E-state index contributed by atoms with van der Waals surface area (Å²) in [6, 6.07) is 51.7. The van der Waals surface area contributed by atoms with Crippen LogP contribution in [0.2, 0.25) is 0 Å². The molecule has 5 aromatic rings. The van der Waals surface area contributed by atoms with Crippen LogP contribution in [0.5, 0.6) is 0 Å². The lowest BCUT2D eigenvalue weighted by Gasteiger charge is -2.35. The molecule has 2 nitrogen and oxygen atoms in total. The molecule has 188 valence electrons. The lowest BCUT2D eigenvalue weighted by molar-refractivity contribution is 0.754. The lowest BCUT2D eigenvalue weighted by Crippen LogP contribution is -2.34. The van der Waals surface area contributed by atoms with E-state index in [-0.39, 0.29) is 5.54 Å². The Balaban J connectivity index is 1.31.